The summed E-state index contributed by atoms with van der Waals surface area (Å²) in [5, 5.41) is 11.9. The summed E-state index contributed by atoms with van der Waals surface area (Å²) in [7, 11) is 1.69. The van der Waals surface area contributed by atoms with E-state index in [1.54, 1.807) is 19.2 Å². The summed E-state index contributed by atoms with van der Waals surface area (Å²) in [6, 6.07) is 79.3. The van der Waals surface area contributed by atoms with Gasteiger partial charge in [-0.25, -0.2) is 0 Å². The standard InChI is InChI=1S/C54H45NO3/c1-58-50-37-33-41(34-38-50)39-43-19-17-18-30-51(43)52(40-42-31-35-49(36-32-42)55(56)57)54(47-26-13-5-14-27-47,48-28-15-6-16-29-48)53(44-20-7-2-8-21-44,45-22-9-3-10-23-45)46-24-11-4-12-25-46/h2-38,52H,39-40H2,1H3. The van der Waals surface area contributed by atoms with Crippen molar-refractivity contribution in [3.8, 4) is 5.75 Å². The van der Waals surface area contributed by atoms with Crippen molar-refractivity contribution in [2.45, 2.75) is 29.6 Å². The van der Waals surface area contributed by atoms with Crippen LogP contribution in [0.15, 0.2) is 224 Å². The summed E-state index contributed by atoms with van der Waals surface area (Å²) in [4.78, 5) is 11.6. The molecule has 0 amide bonds. The van der Waals surface area contributed by atoms with Crippen molar-refractivity contribution in [1.82, 2.24) is 0 Å². The summed E-state index contributed by atoms with van der Waals surface area (Å²) in [5.74, 6) is 0.576. The largest absolute Gasteiger partial charge is 0.497 e. The van der Waals surface area contributed by atoms with Crippen molar-refractivity contribution >= 4 is 5.69 Å². The second-order valence-corrected chi connectivity index (χ2v) is 14.8. The van der Waals surface area contributed by atoms with Crippen molar-refractivity contribution in [3.63, 3.8) is 0 Å². The maximum Gasteiger partial charge on any atom is 0.269 e. The molecule has 0 bridgehead atoms. The molecule has 0 heterocycles. The molecule has 0 spiro atoms. The highest BCUT2D eigenvalue weighted by Gasteiger charge is 2.60. The normalized spacial score (nSPS) is 12.1. The quantitative estimate of drug-likeness (QED) is 0.0631. The van der Waals surface area contributed by atoms with Crippen LogP contribution in [0.3, 0.4) is 0 Å². The van der Waals surface area contributed by atoms with Crippen molar-refractivity contribution < 1.29 is 9.66 Å². The van der Waals surface area contributed by atoms with E-state index < -0.39 is 10.8 Å². The van der Waals surface area contributed by atoms with Gasteiger partial charge in [0.2, 0.25) is 0 Å². The molecule has 0 radical (unpaired) electrons. The van der Waals surface area contributed by atoms with Crippen LogP contribution in [-0.2, 0) is 23.7 Å². The molecule has 0 saturated carbocycles. The van der Waals surface area contributed by atoms with E-state index in [0.717, 1.165) is 39.1 Å². The lowest BCUT2D eigenvalue weighted by Crippen LogP contribution is -2.56. The van der Waals surface area contributed by atoms with Crippen LogP contribution < -0.4 is 4.74 Å². The first kappa shape index (κ1) is 37.9. The number of benzene rings is 8. The number of hydrogen-bond donors (Lipinski definition) is 0. The van der Waals surface area contributed by atoms with Gasteiger partial charge < -0.3 is 4.74 Å². The molecule has 0 N–H and O–H groups in total. The number of non-ortho nitro benzene ring substituents is 1. The zero-order valence-electron chi connectivity index (χ0n) is 32.5. The number of nitro groups is 1. The van der Waals surface area contributed by atoms with Gasteiger partial charge in [-0.1, -0.05) is 200 Å². The second kappa shape index (κ2) is 17.0. The SMILES string of the molecule is COc1ccc(Cc2ccccc2C(Cc2ccc([N+](=O)[O-])cc2)C(c2ccccc2)(c2ccccc2)C(c2ccccc2)(c2ccccc2)c2ccccc2)cc1. The first-order valence-electron chi connectivity index (χ1n) is 19.8. The van der Waals surface area contributed by atoms with E-state index in [-0.39, 0.29) is 16.5 Å². The summed E-state index contributed by atoms with van der Waals surface area (Å²) >= 11 is 0. The van der Waals surface area contributed by atoms with E-state index in [1.807, 2.05) is 24.3 Å². The van der Waals surface area contributed by atoms with E-state index in [2.05, 4.69) is 188 Å². The third-order valence-electron chi connectivity index (χ3n) is 11.8. The molecule has 8 aromatic carbocycles. The van der Waals surface area contributed by atoms with Gasteiger partial charge in [0.25, 0.3) is 5.69 Å². The average Bonchev–Trinajstić information content (AvgIpc) is 3.30. The number of methoxy groups -OCH3 is 1. The first-order chi connectivity index (χ1) is 28.6. The minimum atomic E-state index is -0.850. The van der Waals surface area contributed by atoms with Crippen molar-refractivity contribution in [1.29, 1.82) is 0 Å². The van der Waals surface area contributed by atoms with Crippen molar-refractivity contribution in [2.75, 3.05) is 7.11 Å². The van der Waals surface area contributed by atoms with Gasteiger partial charge >= 0.3 is 0 Å². The smallest absolute Gasteiger partial charge is 0.269 e. The monoisotopic (exact) mass is 755 g/mol. The molecule has 284 valence electrons. The molecular weight excluding hydrogens is 711 g/mol. The topological polar surface area (TPSA) is 52.4 Å². The maximum absolute atomic E-state index is 11.9. The minimum absolute atomic E-state index is 0.0739. The van der Waals surface area contributed by atoms with Crippen LogP contribution in [-0.4, -0.2) is 12.0 Å². The Morgan fingerprint density at radius 1 is 0.483 bits per heavy atom. The molecule has 1 unspecified atom stereocenters. The maximum atomic E-state index is 11.9. The Balaban J connectivity index is 1.57. The molecule has 0 fully saturated rings. The number of hydrogen-bond acceptors (Lipinski definition) is 3. The van der Waals surface area contributed by atoms with Gasteiger partial charge in [0.05, 0.1) is 17.4 Å². The zero-order valence-corrected chi connectivity index (χ0v) is 32.5. The van der Waals surface area contributed by atoms with Crippen LogP contribution in [0.2, 0.25) is 0 Å². The van der Waals surface area contributed by atoms with Gasteiger partial charge in [0.1, 0.15) is 5.75 Å². The van der Waals surface area contributed by atoms with E-state index in [4.69, 9.17) is 4.74 Å². The Bertz CT molecular complexity index is 2400. The third kappa shape index (κ3) is 6.99. The lowest BCUT2D eigenvalue weighted by atomic mass is 9.43. The summed E-state index contributed by atoms with van der Waals surface area (Å²) in [5.41, 5.74) is 8.76. The minimum Gasteiger partial charge on any atom is -0.497 e. The highest BCUT2D eigenvalue weighted by atomic mass is 16.6. The van der Waals surface area contributed by atoms with E-state index in [0.29, 0.717) is 12.8 Å². The van der Waals surface area contributed by atoms with E-state index in [1.165, 1.54) is 16.7 Å². The highest BCUT2D eigenvalue weighted by molar-refractivity contribution is 5.65. The fourth-order valence-corrected chi connectivity index (χ4v) is 9.40. The van der Waals surface area contributed by atoms with Gasteiger partial charge in [0, 0.05) is 23.5 Å². The number of nitro benzene ring substituents is 1. The highest BCUT2D eigenvalue weighted by Crippen LogP contribution is 2.63. The van der Waals surface area contributed by atoms with Gasteiger partial charge in [-0.05, 0) is 75.0 Å². The Kier molecular flexibility index (Phi) is 11.1. The first-order valence-corrected chi connectivity index (χ1v) is 19.8. The molecular formula is C54H45NO3. The van der Waals surface area contributed by atoms with Crippen LogP contribution >= 0.6 is 0 Å². The van der Waals surface area contributed by atoms with E-state index >= 15 is 0 Å². The Morgan fingerprint density at radius 2 is 0.879 bits per heavy atom. The molecule has 0 saturated heterocycles. The van der Waals surface area contributed by atoms with Crippen LogP contribution in [0.25, 0.3) is 0 Å². The van der Waals surface area contributed by atoms with Crippen molar-refractivity contribution in [3.05, 3.63) is 285 Å². The predicted octanol–water partition coefficient (Wildman–Crippen LogP) is 12.5. The van der Waals surface area contributed by atoms with Crippen LogP contribution in [0.5, 0.6) is 5.75 Å². The Hall–Kier alpha value is -7.04. The molecule has 4 heteroatoms. The fraction of sp³-hybridized carbons (Fsp3) is 0.111. The molecule has 8 aromatic rings. The number of rotatable bonds is 14. The van der Waals surface area contributed by atoms with Crippen LogP contribution in [0.4, 0.5) is 5.69 Å². The molecule has 0 aliphatic rings. The summed E-state index contributed by atoms with van der Waals surface area (Å²) in [6.45, 7) is 0. The second-order valence-electron chi connectivity index (χ2n) is 14.8. The number of ether oxygens (including phenoxy) is 1. The third-order valence-corrected chi connectivity index (χ3v) is 11.8. The Morgan fingerprint density at radius 3 is 1.31 bits per heavy atom. The van der Waals surface area contributed by atoms with Crippen LogP contribution in [0, 0.1) is 10.1 Å². The molecule has 1 atom stereocenters. The fourth-order valence-electron chi connectivity index (χ4n) is 9.40. The molecule has 4 nitrogen and oxygen atoms in total. The molecule has 0 aliphatic heterocycles. The van der Waals surface area contributed by atoms with Crippen molar-refractivity contribution in [2.24, 2.45) is 0 Å². The lowest BCUT2D eigenvalue weighted by molar-refractivity contribution is -0.384. The van der Waals surface area contributed by atoms with Crippen LogP contribution in [0.1, 0.15) is 56.0 Å². The molecule has 8 rings (SSSR count). The zero-order chi connectivity index (χ0) is 39.8. The van der Waals surface area contributed by atoms with Gasteiger partial charge in [-0.2, -0.15) is 0 Å². The number of nitrogens with zero attached hydrogens (tertiary/aromatic N) is 1. The average molecular weight is 756 g/mol. The lowest BCUT2D eigenvalue weighted by Gasteiger charge is -2.57. The summed E-state index contributed by atoms with van der Waals surface area (Å²) in [6.07, 6.45) is 1.28. The van der Waals surface area contributed by atoms with Gasteiger partial charge in [0.15, 0.2) is 0 Å². The summed E-state index contributed by atoms with van der Waals surface area (Å²) < 4.78 is 5.53. The van der Waals surface area contributed by atoms with Gasteiger partial charge in [-0.15, -0.1) is 0 Å². The molecule has 0 aromatic heterocycles. The Labute approximate surface area is 341 Å². The molecule has 0 aliphatic carbocycles. The predicted molar refractivity (Wildman–Crippen MR) is 235 cm³/mol. The molecule has 58 heavy (non-hydrogen) atoms. The van der Waals surface area contributed by atoms with E-state index in [9.17, 15) is 10.1 Å². The van der Waals surface area contributed by atoms with Gasteiger partial charge in [-0.3, -0.25) is 10.1 Å².